The first-order chi connectivity index (χ1) is 16.6. The fraction of sp³-hybridized carbons (Fsp3) is 0.231. The number of amides is 1. The van der Waals surface area contributed by atoms with E-state index in [0.717, 1.165) is 21.8 Å². The number of benzene rings is 2. The molecule has 4 aromatic rings. The SMILES string of the molecule is COC(=O)C1(c2ccccc2)CCN(C(=O)c2csc(-c3cnn(-c4ccccc4)c3)n2)CC1. The Bertz CT molecular complexity index is 1290. The predicted molar refractivity (Wildman–Crippen MR) is 130 cm³/mol. The topological polar surface area (TPSA) is 77.3 Å². The number of carbonyl (C=O) groups excluding carboxylic acids is 2. The highest BCUT2D eigenvalue weighted by Gasteiger charge is 2.45. The fourth-order valence-corrected chi connectivity index (χ4v) is 5.25. The van der Waals surface area contributed by atoms with E-state index in [1.54, 1.807) is 21.2 Å². The molecule has 34 heavy (non-hydrogen) atoms. The number of hydrogen-bond acceptors (Lipinski definition) is 6. The number of esters is 1. The van der Waals surface area contributed by atoms with Gasteiger partial charge in [0.1, 0.15) is 10.7 Å². The second-order valence-electron chi connectivity index (χ2n) is 8.28. The summed E-state index contributed by atoms with van der Waals surface area (Å²) in [5.41, 5.74) is 2.44. The Morgan fingerprint density at radius 1 is 1.00 bits per heavy atom. The lowest BCUT2D eigenvalue weighted by atomic mass is 9.72. The van der Waals surface area contributed by atoms with Crippen LogP contribution in [0.4, 0.5) is 0 Å². The summed E-state index contributed by atoms with van der Waals surface area (Å²) in [7, 11) is 1.42. The van der Waals surface area contributed by atoms with Gasteiger partial charge in [0, 0.05) is 30.2 Å². The molecule has 0 atom stereocenters. The molecular formula is C26H24N4O3S. The van der Waals surface area contributed by atoms with Crippen LogP contribution in [-0.2, 0) is 14.9 Å². The van der Waals surface area contributed by atoms with E-state index in [9.17, 15) is 9.59 Å². The molecule has 3 heterocycles. The van der Waals surface area contributed by atoms with Crippen molar-refractivity contribution in [2.75, 3.05) is 20.2 Å². The number of ether oxygens (including phenoxy) is 1. The van der Waals surface area contributed by atoms with Crippen LogP contribution >= 0.6 is 11.3 Å². The van der Waals surface area contributed by atoms with Crippen LogP contribution in [0, 0.1) is 0 Å². The second-order valence-corrected chi connectivity index (χ2v) is 9.14. The van der Waals surface area contributed by atoms with Crippen molar-refractivity contribution < 1.29 is 14.3 Å². The van der Waals surface area contributed by atoms with E-state index < -0.39 is 5.41 Å². The van der Waals surface area contributed by atoms with Gasteiger partial charge in [0.2, 0.25) is 0 Å². The van der Waals surface area contributed by atoms with Crippen LogP contribution in [0.1, 0.15) is 28.9 Å². The number of aromatic nitrogens is 3. The zero-order valence-corrected chi connectivity index (χ0v) is 19.6. The van der Waals surface area contributed by atoms with E-state index in [4.69, 9.17) is 4.74 Å². The average molecular weight is 473 g/mol. The maximum Gasteiger partial charge on any atom is 0.316 e. The molecule has 2 aromatic carbocycles. The number of carbonyl (C=O) groups is 2. The first kappa shape index (κ1) is 22.0. The van der Waals surface area contributed by atoms with Crippen LogP contribution in [0.2, 0.25) is 0 Å². The maximum atomic E-state index is 13.2. The largest absolute Gasteiger partial charge is 0.468 e. The van der Waals surface area contributed by atoms with E-state index >= 15 is 0 Å². The first-order valence-corrected chi connectivity index (χ1v) is 12.0. The number of piperidine rings is 1. The van der Waals surface area contributed by atoms with Crippen LogP contribution < -0.4 is 0 Å². The molecule has 1 fully saturated rings. The van der Waals surface area contributed by atoms with Gasteiger partial charge >= 0.3 is 5.97 Å². The van der Waals surface area contributed by atoms with Crippen molar-refractivity contribution >= 4 is 23.2 Å². The molecule has 0 saturated carbocycles. The van der Waals surface area contributed by atoms with Gasteiger partial charge in [-0.15, -0.1) is 11.3 Å². The highest BCUT2D eigenvalue weighted by Crippen LogP contribution is 2.37. The summed E-state index contributed by atoms with van der Waals surface area (Å²) in [5, 5.41) is 6.95. The van der Waals surface area contributed by atoms with Gasteiger partial charge in [-0.25, -0.2) is 9.67 Å². The molecule has 2 aromatic heterocycles. The molecule has 1 aliphatic rings. The molecule has 7 nitrogen and oxygen atoms in total. The number of para-hydroxylation sites is 1. The van der Waals surface area contributed by atoms with Crippen molar-refractivity contribution in [1.29, 1.82) is 0 Å². The van der Waals surface area contributed by atoms with Crippen molar-refractivity contribution in [2.45, 2.75) is 18.3 Å². The smallest absolute Gasteiger partial charge is 0.316 e. The molecule has 0 spiro atoms. The molecule has 0 unspecified atom stereocenters. The summed E-state index contributed by atoms with van der Waals surface area (Å²) >= 11 is 1.42. The molecule has 0 aliphatic carbocycles. The quantitative estimate of drug-likeness (QED) is 0.404. The van der Waals surface area contributed by atoms with E-state index in [0.29, 0.717) is 31.6 Å². The Labute approximate surface area is 201 Å². The third-order valence-corrected chi connectivity index (χ3v) is 7.27. The van der Waals surface area contributed by atoms with Gasteiger partial charge in [-0.1, -0.05) is 48.5 Å². The Hall–Kier alpha value is -3.78. The standard InChI is InChI=1S/C26H24N4O3S/c1-33-25(32)26(20-8-4-2-5-9-20)12-14-29(15-13-26)24(31)22-18-34-23(28-22)19-16-27-30(17-19)21-10-6-3-7-11-21/h2-11,16-18H,12-15H2,1H3. The maximum absolute atomic E-state index is 13.2. The minimum atomic E-state index is -0.730. The molecule has 0 radical (unpaired) electrons. The lowest BCUT2D eigenvalue weighted by Gasteiger charge is -2.39. The highest BCUT2D eigenvalue weighted by atomic mass is 32.1. The number of likely N-dealkylation sites (tertiary alicyclic amines) is 1. The third kappa shape index (κ3) is 4.01. The second kappa shape index (κ2) is 9.23. The van der Waals surface area contributed by atoms with Gasteiger partial charge in [0.25, 0.3) is 5.91 Å². The van der Waals surface area contributed by atoms with Crippen molar-refractivity contribution in [3.63, 3.8) is 0 Å². The number of rotatable bonds is 5. The van der Waals surface area contributed by atoms with Gasteiger partial charge in [-0.05, 0) is 30.5 Å². The first-order valence-electron chi connectivity index (χ1n) is 11.1. The Kier molecular flexibility index (Phi) is 5.98. The van der Waals surface area contributed by atoms with Crippen molar-refractivity contribution in [3.8, 4) is 16.3 Å². The Morgan fingerprint density at radius 3 is 2.35 bits per heavy atom. The van der Waals surface area contributed by atoms with E-state index in [1.807, 2.05) is 66.9 Å². The average Bonchev–Trinajstić information content (AvgIpc) is 3.59. The van der Waals surface area contributed by atoms with Crippen molar-refractivity contribution in [2.24, 2.45) is 0 Å². The summed E-state index contributed by atoms with van der Waals surface area (Å²) < 4.78 is 6.94. The molecule has 1 saturated heterocycles. The Morgan fingerprint density at radius 2 is 1.68 bits per heavy atom. The van der Waals surface area contributed by atoms with E-state index in [2.05, 4.69) is 10.1 Å². The monoisotopic (exact) mass is 472 g/mol. The molecule has 0 bridgehead atoms. The number of hydrogen-bond donors (Lipinski definition) is 0. The van der Waals surface area contributed by atoms with Gasteiger partial charge < -0.3 is 9.64 Å². The van der Waals surface area contributed by atoms with E-state index in [1.165, 1.54) is 18.4 Å². The number of thiazole rings is 1. The third-order valence-electron chi connectivity index (χ3n) is 6.38. The van der Waals surface area contributed by atoms with Gasteiger partial charge in [0.05, 0.1) is 24.4 Å². The summed E-state index contributed by atoms with van der Waals surface area (Å²) in [6.07, 6.45) is 4.69. The molecule has 1 aliphatic heterocycles. The van der Waals surface area contributed by atoms with Crippen LogP contribution in [0.25, 0.3) is 16.3 Å². The van der Waals surface area contributed by atoms with Gasteiger partial charge in [0.15, 0.2) is 0 Å². The van der Waals surface area contributed by atoms with Crippen LogP contribution in [0.3, 0.4) is 0 Å². The molecular weight excluding hydrogens is 448 g/mol. The fourth-order valence-electron chi connectivity index (χ4n) is 4.48. The minimum absolute atomic E-state index is 0.121. The van der Waals surface area contributed by atoms with Crippen LogP contribution in [-0.4, -0.2) is 51.7 Å². The Balaban J connectivity index is 1.31. The predicted octanol–water partition coefficient (Wildman–Crippen LogP) is 4.34. The lowest BCUT2D eigenvalue weighted by Crippen LogP contribution is -2.49. The summed E-state index contributed by atoms with van der Waals surface area (Å²) in [4.78, 5) is 32.3. The minimum Gasteiger partial charge on any atom is -0.468 e. The molecule has 5 rings (SSSR count). The van der Waals surface area contributed by atoms with Gasteiger partial charge in [-0.3, -0.25) is 9.59 Å². The summed E-state index contributed by atoms with van der Waals surface area (Å²) in [6, 6.07) is 19.5. The van der Waals surface area contributed by atoms with Crippen LogP contribution in [0.15, 0.2) is 78.4 Å². The lowest BCUT2D eigenvalue weighted by molar-refractivity contribution is -0.149. The zero-order valence-electron chi connectivity index (χ0n) is 18.8. The zero-order chi connectivity index (χ0) is 23.5. The molecule has 1 amide bonds. The van der Waals surface area contributed by atoms with Crippen LogP contribution in [0.5, 0.6) is 0 Å². The molecule has 172 valence electrons. The summed E-state index contributed by atoms with van der Waals surface area (Å²) in [5.74, 6) is -0.373. The van der Waals surface area contributed by atoms with Gasteiger partial charge in [-0.2, -0.15) is 5.10 Å². The normalized spacial score (nSPS) is 15.1. The molecule has 8 heteroatoms. The molecule has 0 N–H and O–H groups in total. The summed E-state index contributed by atoms with van der Waals surface area (Å²) in [6.45, 7) is 0.920. The van der Waals surface area contributed by atoms with E-state index in [-0.39, 0.29) is 11.9 Å². The number of methoxy groups -OCH3 is 1. The van der Waals surface area contributed by atoms with Crippen molar-refractivity contribution in [3.05, 3.63) is 89.7 Å². The van der Waals surface area contributed by atoms with Crippen molar-refractivity contribution in [1.82, 2.24) is 19.7 Å². The number of nitrogens with zero attached hydrogens (tertiary/aromatic N) is 4. The highest BCUT2D eigenvalue weighted by molar-refractivity contribution is 7.13.